The van der Waals surface area contributed by atoms with Crippen LogP contribution >= 0.6 is 0 Å². The summed E-state index contributed by atoms with van der Waals surface area (Å²) in [5, 5.41) is 22.6. The van der Waals surface area contributed by atoms with Gasteiger partial charge in [0.25, 0.3) is 10.0 Å². The predicted octanol–water partition coefficient (Wildman–Crippen LogP) is 3.28. The van der Waals surface area contributed by atoms with Gasteiger partial charge in [0.2, 0.25) is 0 Å². The summed E-state index contributed by atoms with van der Waals surface area (Å²) in [6, 6.07) is 7.17. The summed E-state index contributed by atoms with van der Waals surface area (Å²) in [4.78, 5) is 10.4. The molecule has 178 valence electrons. The third-order valence-corrected chi connectivity index (χ3v) is 6.52. The molecule has 0 spiro atoms. The van der Waals surface area contributed by atoms with E-state index in [9.17, 15) is 26.4 Å². The first-order chi connectivity index (χ1) is 15.4. The van der Waals surface area contributed by atoms with Crippen LogP contribution in [0.4, 0.5) is 29.3 Å². The number of benzene rings is 2. The highest BCUT2D eigenvalue weighted by atomic mass is 32.2. The van der Waals surface area contributed by atoms with Crippen LogP contribution in [0.5, 0.6) is 5.75 Å². The zero-order valence-electron chi connectivity index (χ0n) is 16.8. The van der Waals surface area contributed by atoms with Crippen molar-refractivity contribution in [3.8, 4) is 5.75 Å². The van der Waals surface area contributed by atoms with Crippen molar-refractivity contribution < 1.29 is 41.4 Å². The Morgan fingerprint density at radius 1 is 1.27 bits per heavy atom. The number of halogens is 3. The number of anilines is 2. The van der Waals surface area contributed by atoms with Crippen LogP contribution < -0.4 is 20.1 Å². The average molecular weight is 488 g/mol. The second-order valence-corrected chi connectivity index (χ2v) is 8.91. The van der Waals surface area contributed by atoms with Gasteiger partial charge >= 0.3 is 12.3 Å². The van der Waals surface area contributed by atoms with E-state index < -0.39 is 38.9 Å². The first-order valence-electron chi connectivity index (χ1n) is 9.39. The van der Waals surface area contributed by atoms with Crippen molar-refractivity contribution >= 4 is 33.3 Å². The number of oxime groups is 1. The van der Waals surface area contributed by atoms with Crippen LogP contribution in [0, 0.1) is 0 Å². The van der Waals surface area contributed by atoms with Gasteiger partial charge in [-0.3, -0.25) is 9.62 Å². The van der Waals surface area contributed by atoms with E-state index in [1.54, 1.807) is 0 Å². The van der Waals surface area contributed by atoms with E-state index in [1.807, 2.05) is 0 Å². The second kappa shape index (κ2) is 9.05. The number of sulfonamides is 1. The summed E-state index contributed by atoms with van der Waals surface area (Å²) in [6.45, 7) is -0.305. The number of carbonyl (C=O) groups is 1. The number of alkyl halides is 3. The van der Waals surface area contributed by atoms with Gasteiger partial charge in [-0.05, 0) is 42.8 Å². The number of fused-ring (bicyclic) bond motifs is 1. The Balaban J connectivity index is 2.06. The molecule has 0 saturated heterocycles. The average Bonchev–Trinajstić information content (AvgIpc) is 2.76. The molecule has 1 amide bonds. The van der Waals surface area contributed by atoms with Crippen LogP contribution in [-0.4, -0.2) is 43.3 Å². The van der Waals surface area contributed by atoms with E-state index in [4.69, 9.17) is 20.8 Å². The largest absolute Gasteiger partial charge is 0.486 e. The molecule has 3 rings (SSSR count). The Labute approximate surface area is 186 Å². The SMILES string of the molecule is N/C(CCC1CN(S(=O)(=O)c2cccc(C(F)(F)F)c2)c2cc(NC(=O)O)ccc2O1)=N/O. The van der Waals surface area contributed by atoms with Gasteiger partial charge < -0.3 is 20.8 Å². The molecule has 1 aliphatic rings. The smallest absolute Gasteiger partial charge is 0.416 e. The molecular weight excluding hydrogens is 469 g/mol. The Hall–Kier alpha value is -3.68. The number of ether oxygens (including phenoxy) is 1. The van der Waals surface area contributed by atoms with Crippen LogP contribution in [0.15, 0.2) is 52.5 Å². The molecule has 2 aromatic carbocycles. The summed E-state index contributed by atoms with van der Waals surface area (Å²) in [5.41, 5.74) is 4.30. The van der Waals surface area contributed by atoms with Crippen molar-refractivity contribution in [2.45, 2.75) is 30.0 Å². The van der Waals surface area contributed by atoms with Gasteiger partial charge in [-0.25, -0.2) is 13.2 Å². The normalized spacial score (nSPS) is 16.6. The van der Waals surface area contributed by atoms with Crippen molar-refractivity contribution in [2.75, 3.05) is 16.2 Å². The number of carboxylic acid groups (broad SMARTS) is 1. The van der Waals surface area contributed by atoms with Gasteiger partial charge in [0.15, 0.2) is 0 Å². The summed E-state index contributed by atoms with van der Waals surface area (Å²) in [5.74, 6) is -0.0464. The first-order valence-corrected chi connectivity index (χ1v) is 10.8. The van der Waals surface area contributed by atoms with E-state index >= 15 is 0 Å². The Morgan fingerprint density at radius 3 is 2.64 bits per heavy atom. The lowest BCUT2D eigenvalue weighted by Gasteiger charge is -2.36. The minimum Gasteiger partial charge on any atom is -0.486 e. The van der Waals surface area contributed by atoms with Gasteiger partial charge in [-0.15, -0.1) is 0 Å². The zero-order chi connectivity index (χ0) is 24.4. The topological polar surface area (TPSA) is 155 Å². The van der Waals surface area contributed by atoms with Crippen LogP contribution in [0.25, 0.3) is 0 Å². The molecule has 0 fully saturated rings. The van der Waals surface area contributed by atoms with Crippen molar-refractivity contribution in [3.63, 3.8) is 0 Å². The number of amidine groups is 1. The number of hydrogen-bond acceptors (Lipinski definition) is 6. The number of nitrogens with one attached hydrogen (secondary N) is 1. The van der Waals surface area contributed by atoms with Gasteiger partial charge in [0, 0.05) is 12.1 Å². The molecule has 2 aromatic rings. The summed E-state index contributed by atoms with van der Waals surface area (Å²) >= 11 is 0. The standard InChI is InChI=1S/C19H19F3N4O6S/c20-19(21,22)11-2-1-3-14(8-11)33(30,31)26-10-13(5-7-17(23)25-29)32-16-6-4-12(9-15(16)26)24-18(27)28/h1-4,6,8-9,13,24,29H,5,7,10H2,(H2,23,25)(H,27,28). The van der Waals surface area contributed by atoms with Crippen LogP contribution in [-0.2, 0) is 16.2 Å². The second-order valence-electron chi connectivity index (χ2n) is 7.04. The Kier molecular flexibility index (Phi) is 6.58. The predicted molar refractivity (Wildman–Crippen MR) is 111 cm³/mol. The van der Waals surface area contributed by atoms with E-state index in [2.05, 4.69) is 10.5 Å². The molecule has 0 bridgehead atoms. The maximum atomic E-state index is 13.4. The van der Waals surface area contributed by atoms with E-state index in [-0.39, 0.29) is 42.3 Å². The van der Waals surface area contributed by atoms with Crippen molar-refractivity contribution in [1.29, 1.82) is 0 Å². The number of nitrogens with zero attached hydrogens (tertiary/aromatic N) is 2. The Bertz CT molecular complexity index is 1190. The molecule has 33 heavy (non-hydrogen) atoms. The molecular formula is C19H19F3N4O6S. The molecule has 5 N–H and O–H groups in total. The molecule has 10 nitrogen and oxygen atoms in total. The third kappa shape index (κ3) is 5.39. The van der Waals surface area contributed by atoms with Gasteiger partial charge in [-0.1, -0.05) is 11.2 Å². The van der Waals surface area contributed by atoms with Crippen LogP contribution in [0.3, 0.4) is 0 Å². The molecule has 14 heteroatoms. The zero-order valence-corrected chi connectivity index (χ0v) is 17.6. The molecule has 1 atom stereocenters. The molecule has 0 saturated carbocycles. The van der Waals surface area contributed by atoms with E-state index in [0.29, 0.717) is 6.07 Å². The van der Waals surface area contributed by atoms with Crippen molar-refractivity contribution in [1.82, 2.24) is 0 Å². The van der Waals surface area contributed by atoms with Crippen molar-refractivity contribution in [2.24, 2.45) is 10.9 Å². The van der Waals surface area contributed by atoms with Crippen molar-refractivity contribution in [3.05, 3.63) is 48.0 Å². The number of nitrogens with two attached hydrogens (primary N) is 1. The maximum absolute atomic E-state index is 13.4. The van der Waals surface area contributed by atoms with Crippen LogP contribution in [0.1, 0.15) is 18.4 Å². The van der Waals surface area contributed by atoms with E-state index in [1.165, 1.54) is 18.2 Å². The monoisotopic (exact) mass is 488 g/mol. The lowest BCUT2D eigenvalue weighted by Crippen LogP contribution is -2.44. The highest BCUT2D eigenvalue weighted by molar-refractivity contribution is 7.92. The maximum Gasteiger partial charge on any atom is 0.416 e. The fourth-order valence-electron chi connectivity index (χ4n) is 3.21. The number of rotatable bonds is 6. The minimum absolute atomic E-state index is 0.0317. The molecule has 1 heterocycles. The highest BCUT2D eigenvalue weighted by Gasteiger charge is 2.37. The fourth-order valence-corrected chi connectivity index (χ4v) is 4.76. The summed E-state index contributed by atoms with van der Waals surface area (Å²) < 4.78 is 72.8. The lowest BCUT2D eigenvalue weighted by atomic mass is 10.1. The third-order valence-electron chi connectivity index (χ3n) is 4.74. The number of hydrogen-bond donors (Lipinski definition) is 4. The Morgan fingerprint density at radius 2 is 2.00 bits per heavy atom. The quantitative estimate of drug-likeness (QED) is 0.211. The minimum atomic E-state index is -4.75. The highest BCUT2D eigenvalue weighted by Crippen LogP contribution is 2.40. The fraction of sp³-hybridized carbons (Fsp3) is 0.263. The van der Waals surface area contributed by atoms with Gasteiger partial charge in [0.05, 0.1) is 22.7 Å². The molecule has 0 aliphatic carbocycles. The molecule has 0 aromatic heterocycles. The summed E-state index contributed by atoms with van der Waals surface area (Å²) in [7, 11) is -4.51. The number of amides is 1. The van der Waals surface area contributed by atoms with Gasteiger partial charge in [-0.2, -0.15) is 13.2 Å². The molecule has 0 radical (unpaired) electrons. The molecule has 1 aliphatic heterocycles. The summed E-state index contributed by atoms with van der Waals surface area (Å²) in [6.07, 6.45) is -6.73. The lowest BCUT2D eigenvalue weighted by molar-refractivity contribution is -0.137. The van der Waals surface area contributed by atoms with Gasteiger partial charge in [0.1, 0.15) is 17.7 Å². The van der Waals surface area contributed by atoms with Crippen LogP contribution in [0.2, 0.25) is 0 Å². The first kappa shape index (κ1) is 24.0. The van der Waals surface area contributed by atoms with E-state index in [0.717, 1.165) is 22.5 Å². The molecule has 1 unspecified atom stereocenters.